The molecule has 0 bridgehead atoms. The fraction of sp³-hybridized carbons (Fsp3) is 0.889. The van der Waals surface area contributed by atoms with Crippen LogP contribution in [0.4, 0.5) is 0 Å². The fourth-order valence-electron chi connectivity index (χ4n) is 9.10. The molecule has 29 heavy (non-hydrogen) atoms. The van der Waals surface area contributed by atoms with Crippen molar-refractivity contribution in [2.45, 2.75) is 97.8 Å². The molecule has 0 saturated heterocycles. The second-order valence-electron chi connectivity index (χ2n) is 11.8. The molecule has 4 saturated carbocycles. The Kier molecular flexibility index (Phi) is 6.06. The van der Waals surface area contributed by atoms with E-state index in [4.69, 9.17) is 0 Å². The van der Waals surface area contributed by atoms with E-state index >= 15 is 0 Å². The van der Waals surface area contributed by atoms with Crippen LogP contribution in [0.25, 0.3) is 0 Å². The molecule has 164 valence electrons. The second-order valence-corrected chi connectivity index (χ2v) is 11.8. The lowest BCUT2D eigenvalue weighted by molar-refractivity contribution is -0.118. The van der Waals surface area contributed by atoms with Gasteiger partial charge in [0.2, 0.25) is 0 Å². The van der Waals surface area contributed by atoms with E-state index < -0.39 is 0 Å². The molecule has 1 unspecified atom stereocenters. The third kappa shape index (κ3) is 3.56. The lowest BCUT2D eigenvalue weighted by Crippen LogP contribution is -2.53. The average molecular weight is 401 g/mol. The van der Waals surface area contributed by atoms with Gasteiger partial charge in [-0.2, -0.15) is 0 Å². The van der Waals surface area contributed by atoms with Gasteiger partial charge in [0.05, 0.1) is 6.61 Å². The monoisotopic (exact) mass is 400 g/mol. The number of rotatable bonds is 6. The van der Waals surface area contributed by atoms with Crippen molar-refractivity contribution in [2.24, 2.45) is 46.3 Å². The van der Waals surface area contributed by atoms with E-state index in [1.807, 2.05) is 0 Å². The summed E-state index contributed by atoms with van der Waals surface area (Å²) < 4.78 is 0. The van der Waals surface area contributed by atoms with E-state index in [1.54, 1.807) is 0 Å². The summed E-state index contributed by atoms with van der Waals surface area (Å²) in [6.45, 7) is 11.2. The fourth-order valence-corrected chi connectivity index (χ4v) is 9.10. The molecular formula is C27H44O2. The predicted molar refractivity (Wildman–Crippen MR) is 119 cm³/mol. The van der Waals surface area contributed by atoms with Crippen molar-refractivity contribution >= 4 is 5.78 Å². The highest BCUT2D eigenvalue weighted by Crippen LogP contribution is 2.68. The molecule has 0 aliphatic heterocycles. The van der Waals surface area contributed by atoms with Gasteiger partial charge < -0.3 is 5.11 Å². The minimum absolute atomic E-state index is 0.0614. The zero-order valence-corrected chi connectivity index (χ0v) is 19.2. The standard InChI is InChI=1S/C27H44O2/c1-18(8-13-25(29)19(2)17-28)22-11-12-23-21-10-9-20-7-5-6-15-26(20,3)24(21)14-16-27(22,23)4/h18,20-24,28H,2,5-17H2,1,3-4H3/t18-,20?,21+,22-,23+,24+,26+,27-/m1/s1. The number of hydrogen-bond acceptors (Lipinski definition) is 2. The van der Waals surface area contributed by atoms with E-state index in [-0.39, 0.29) is 12.4 Å². The first kappa shape index (κ1) is 21.6. The van der Waals surface area contributed by atoms with Gasteiger partial charge in [0, 0.05) is 12.0 Å². The number of carbonyl (C=O) groups is 1. The highest BCUT2D eigenvalue weighted by atomic mass is 16.3. The minimum Gasteiger partial charge on any atom is -0.392 e. The Morgan fingerprint density at radius 3 is 2.52 bits per heavy atom. The van der Waals surface area contributed by atoms with E-state index in [9.17, 15) is 9.90 Å². The molecule has 0 aromatic carbocycles. The lowest BCUT2D eigenvalue weighted by atomic mass is 9.44. The molecule has 2 nitrogen and oxygen atoms in total. The molecule has 0 radical (unpaired) electrons. The van der Waals surface area contributed by atoms with Crippen LogP contribution in [0, 0.1) is 46.3 Å². The van der Waals surface area contributed by atoms with Crippen molar-refractivity contribution in [3.8, 4) is 0 Å². The zero-order chi connectivity index (χ0) is 20.8. The smallest absolute Gasteiger partial charge is 0.160 e. The topological polar surface area (TPSA) is 37.3 Å². The summed E-state index contributed by atoms with van der Waals surface area (Å²) >= 11 is 0. The second kappa shape index (κ2) is 8.13. The van der Waals surface area contributed by atoms with Gasteiger partial charge >= 0.3 is 0 Å². The molecule has 2 heteroatoms. The van der Waals surface area contributed by atoms with Crippen LogP contribution >= 0.6 is 0 Å². The number of aliphatic hydroxyl groups is 1. The van der Waals surface area contributed by atoms with Crippen LogP contribution in [0.2, 0.25) is 0 Å². The Balaban J connectivity index is 1.45. The first-order valence-corrected chi connectivity index (χ1v) is 12.6. The Morgan fingerprint density at radius 2 is 1.76 bits per heavy atom. The number of aliphatic hydroxyl groups excluding tert-OH is 1. The van der Waals surface area contributed by atoms with Gasteiger partial charge in [0.25, 0.3) is 0 Å². The van der Waals surface area contributed by atoms with Crippen molar-refractivity contribution in [2.75, 3.05) is 6.61 Å². The van der Waals surface area contributed by atoms with Crippen molar-refractivity contribution in [3.05, 3.63) is 12.2 Å². The SMILES string of the molecule is C=C(CO)C(=O)CC[C@@H](C)[C@H]1CC[C@H]2[C@@H]3CCC4CCCC[C@]4(C)[C@H]3CC[C@]12C. The van der Waals surface area contributed by atoms with Gasteiger partial charge in [-0.1, -0.05) is 40.2 Å². The summed E-state index contributed by atoms with van der Waals surface area (Å²) in [5.41, 5.74) is 1.49. The van der Waals surface area contributed by atoms with E-state index in [2.05, 4.69) is 27.4 Å². The molecule has 4 aliphatic carbocycles. The van der Waals surface area contributed by atoms with E-state index in [1.165, 1.54) is 64.2 Å². The highest BCUT2D eigenvalue weighted by molar-refractivity contribution is 5.94. The van der Waals surface area contributed by atoms with Gasteiger partial charge in [-0.05, 0) is 104 Å². The first-order valence-electron chi connectivity index (χ1n) is 12.6. The normalized spacial score (nSPS) is 45.0. The van der Waals surface area contributed by atoms with Crippen LogP contribution in [-0.4, -0.2) is 17.5 Å². The maximum Gasteiger partial charge on any atom is 0.160 e. The first-order chi connectivity index (χ1) is 13.8. The number of fused-ring (bicyclic) bond motifs is 5. The number of carbonyl (C=O) groups excluding carboxylic acids is 1. The highest BCUT2D eigenvalue weighted by Gasteiger charge is 2.60. The lowest BCUT2D eigenvalue weighted by Gasteiger charge is -2.61. The maximum atomic E-state index is 12.2. The predicted octanol–water partition coefficient (Wildman–Crippen LogP) is 6.57. The molecule has 4 aliphatic rings. The van der Waals surface area contributed by atoms with E-state index in [0.717, 1.165) is 36.0 Å². The average Bonchev–Trinajstić information content (AvgIpc) is 3.08. The maximum absolute atomic E-state index is 12.2. The summed E-state index contributed by atoms with van der Waals surface area (Å²) in [7, 11) is 0. The molecule has 0 heterocycles. The Bertz CT molecular complexity index is 638. The van der Waals surface area contributed by atoms with Crippen LogP contribution in [-0.2, 0) is 4.79 Å². The zero-order valence-electron chi connectivity index (χ0n) is 19.2. The quantitative estimate of drug-likeness (QED) is 0.512. The Labute approximate surface area is 178 Å². The summed E-state index contributed by atoms with van der Waals surface area (Å²) in [5, 5.41) is 9.17. The molecule has 0 spiro atoms. The molecule has 0 aromatic rings. The van der Waals surface area contributed by atoms with Crippen LogP contribution < -0.4 is 0 Å². The summed E-state index contributed by atoms with van der Waals surface area (Å²) in [6.07, 6.45) is 16.1. The summed E-state index contributed by atoms with van der Waals surface area (Å²) in [6, 6.07) is 0. The molecule has 8 atom stereocenters. The minimum atomic E-state index is -0.195. The van der Waals surface area contributed by atoms with Crippen LogP contribution in [0.15, 0.2) is 12.2 Å². The van der Waals surface area contributed by atoms with E-state index in [0.29, 0.717) is 28.7 Å². The number of ketones is 1. The largest absolute Gasteiger partial charge is 0.392 e. The Hall–Kier alpha value is -0.630. The van der Waals surface area contributed by atoms with Crippen molar-refractivity contribution in [1.29, 1.82) is 0 Å². The molecule has 1 N–H and O–H groups in total. The van der Waals surface area contributed by atoms with Gasteiger partial charge in [-0.25, -0.2) is 0 Å². The van der Waals surface area contributed by atoms with Gasteiger partial charge in [-0.15, -0.1) is 0 Å². The number of hydrogen-bond donors (Lipinski definition) is 1. The van der Waals surface area contributed by atoms with Gasteiger partial charge in [0.15, 0.2) is 5.78 Å². The summed E-state index contributed by atoms with van der Waals surface area (Å²) in [4.78, 5) is 12.2. The molecule has 0 amide bonds. The molecule has 4 rings (SSSR count). The van der Waals surface area contributed by atoms with Crippen LogP contribution in [0.3, 0.4) is 0 Å². The van der Waals surface area contributed by atoms with Crippen LogP contribution in [0.1, 0.15) is 97.8 Å². The summed E-state index contributed by atoms with van der Waals surface area (Å²) in [5.74, 6) is 5.27. The Morgan fingerprint density at radius 1 is 1.00 bits per heavy atom. The van der Waals surface area contributed by atoms with Crippen molar-refractivity contribution in [3.63, 3.8) is 0 Å². The van der Waals surface area contributed by atoms with Crippen molar-refractivity contribution in [1.82, 2.24) is 0 Å². The van der Waals surface area contributed by atoms with Crippen molar-refractivity contribution < 1.29 is 9.90 Å². The van der Waals surface area contributed by atoms with Gasteiger partial charge in [-0.3, -0.25) is 4.79 Å². The van der Waals surface area contributed by atoms with Crippen LogP contribution in [0.5, 0.6) is 0 Å². The van der Waals surface area contributed by atoms with Gasteiger partial charge in [0.1, 0.15) is 0 Å². The molecule has 4 fully saturated rings. The third-order valence-corrected chi connectivity index (χ3v) is 10.8. The molecular weight excluding hydrogens is 356 g/mol. The molecule has 0 aromatic heterocycles. The number of Topliss-reactive ketones (excluding diaryl/α,β-unsaturated/α-hetero) is 1. The third-order valence-electron chi connectivity index (χ3n) is 10.8.